The summed E-state index contributed by atoms with van der Waals surface area (Å²) in [5.74, 6) is 1.43. The fourth-order valence-corrected chi connectivity index (χ4v) is 9.69. The number of ether oxygens (including phenoxy) is 1. The Bertz CT molecular complexity index is 3800. The second-order valence-electron chi connectivity index (χ2n) is 16.8. The lowest BCUT2D eigenvalue weighted by Crippen LogP contribution is -2.11. The second kappa shape index (κ2) is 15.4. The highest BCUT2D eigenvalue weighted by molar-refractivity contribution is 6.11. The van der Waals surface area contributed by atoms with E-state index in [1.54, 1.807) is 0 Å². The first kappa shape index (κ1) is 37.7. The van der Waals surface area contributed by atoms with Gasteiger partial charge in [0.05, 0.1) is 22.7 Å². The molecule has 312 valence electrons. The van der Waals surface area contributed by atoms with Gasteiger partial charge >= 0.3 is 0 Å². The van der Waals surface area contributed by atoms with Crippen LogP contribution in [-0.4, -0.2) is 4.98 Å². The minimum Gasteiger partial charge on any atom is -0.464 e. The highest BCUT2D eigenvalue weighted by Gasteiger charge is 2.26. The van der Waals surface area contributed by atoms with Crippen molar-refractivity contribution in [3.05, 3.63) is 236 Å². The third kappa shape index (κ3) is 6.46. The maximum absolute atomic E-state index is 6.55. The monoisotopic (exact) mass is 848 g/mol. The van der Waals surface area contributed by atoms with Crippen LogP contribution in [0.1, 0.15) is 11.8 Å². The standard InChI is InChI=1S/C60H40N4O2/c1-3-15-41(16-4-1)59-61-53-33-29-47(37-57(53)65-59)63(55-23-11-19-39-13-7-9-21-51(39)55)45-27-31-49-43(35-45)25-26-44-36-46(28-32-50(44)49)64(56-24-12-20-40-14-8-10-22-52(40)56)48-30-34-54-58(38-48)66-60(62-54)42-17-5-2-6-18-42/h1-38,59,61H. The van der Waals surface area contributed by atoms with Crippen LogP contribution in [0.2, 0.25) is 0 Å². The lowest BCUT2D eigenvalue weighted by molar-refractivity contribution is 0.260. The molecule has 1 unspecified atom stereocenters. The zero-order chi connectivity index (χ0) is 43.6. The van der Waals surface area contributed by atoms with Crippen molar-refractivity contribution in [2.75, 3.05) is 15.1 Å². The number of benzene rings is 11. The molecule has 0 fully saturated rings. The molecule has 1 N–H and O–H groups in total. The Balaban J connectivity index is 0.918. The van der Waals surface area contributed by atoms with Gasteiger partial charge < -0.3 is 24.3 Å². The minimum atomic E-state index is -0.249. The van der Waals surface area contributed by atoms with Crippen LogP contribution in [0, 0.1) is 0 Å². The summed E-state index contributed by atoms with van der Waals surface area (Å²) in [6.07, 6.45) is -0.249. The van der Waals surface area contributed by atoms with Crippen molar-refractivity contribution in [3.63, 3.8) is 0 Å². The van der Waals surface area contributed by atoms with Crippen molar-refractivity contribution < 1.29 is 9.15 Å². The van der Waals surface area contributed by atoms with E-state index in [4.69, 9.17) is 14.1 Å². The molecule has 6 heteroatoms. The first-order valence-corrected chi connectivity index (χ1v) is 22.3. The third-order valence-corrected chi connectivity index (χ3v) is 12.8. The van der Waals surface area contributed by atoms with Gasteiger partial charge in [-0.25, -0.2) is 4.98 Å². The maximum atomic E-state index is 6.55. The average molecular weight is 849 g/mol. The molecule has 0 amide bonds. The number of nitrogens with one attached hydrogen (secondary N) is 1. The Morgan fingerprint density at radius 1 is 0.409 bits per heavy atom. The number of hydrogen-bond donors (Lipinski definition) is 1. The van der Waals surface area contributed by atoms with Crippen molar-refractivity contribution in [2.45, 2.75) is 6.23 Å². The fourth-order valence-electron chi connectivity index (χ4n) is 9.69. The maximum Gasteiger partial charge on any atom is 0.227 e. The summed E-state index contributed by atoms with van der Waals surface area (Å²) < 4.78 is 13.0. The Kier molecular flexibility index (Phi) is 8.81. The van der Waals surface area contributed by atoms with Crippen molar-refractivity contribution >= 4 is 94.0 Å². The van der Waals surface area contributed by atoms with Gasteiger partial charge in [0.1, 0.15) is 11.3 Å². The first-order valence-electron chi connectivity index (χ1n) is 22.3. The zero-order valence-electron chi connectivity index (χ0n) is 35.7. The summed E-state index contributed by atoms with van der Waals surface area (Å²) in [7, 11) is 0. The molecule has 1 aromatic heterocycles. The van der Waals surface area contributed by atoms with Gasteiger partial charge in [-0.3, -0.25) is 0 Å². The Hall–Kier alpha value is -8.87. The molecular formula is C60H40N4O2. The predicted octanol–water partition coefficient (Wildman–Crippen LogP) is 16.6. The summed E-state index contributed by atoms with van der Waals surface area (Å²) >= 11 is 0. The largest absolute Gasteiger partial charge is 0.464 e. The molecular weight excluding hydrogens is 809 g/mol. The molecule has 0 saturated heterocycles. The highest BCUT2D eigenvalue weighted by atomic mass is 16.5. The number of oxazole rings is 1. The average Bonchev–Trinajstić information content (AvgIpc) is 4.02. The quantitative estimate of drug-likeness (QED) is 0.154. The molecule has 1 atom stereocenters. The van der Waals surface area contributed by atoms with Gasteiger partial charge in [0.2, 0.25) is 5.89 Å². The van der Waals surface area contributed by atoms with Crippen LogP contribution < -0.4 is 19.9 Å². The number of aromatic nitrogens is 1. The Morgan fingerprint density at radius 3 is 1.59 bits per heavy atom. The van der Waals surface area contributed by atoms with Crippen LogP contribution in [0.25, 0.3) is 65.6 Å². The third-order valence-electron chi connectivity index (χ3n) is 12.8. The molecule has 13 rings (SSSR count). The van der Waals surface area contributed by atoms with Gasteiger partial charge in [-0.05, 0) is 105 Å². The van der Waals surface area contributed by atoms with Gasteiger partial charge in [0, 0.05) is 51.1 Å². The summed E-state index contributed by atoms with van der Waals surface area (Å²) in [5.41, 5.74) is 10.8. The number of rotatable bonds is 8. The number of anilines is 7. The lowest BCUT2D eigenvalue weighted by Gasteiger charge is -2.28. The number of nitrogens with zero attached hydrogens (tertiary/aromatic N) is 3. The molecule has 11 aromatic carbocycles. The van der Waals surface area contributed by atoms with Crippen molar-refractivity contribution in [3.8, 4) is 17.2 Å². The van der Waals surface area contributed by atoms with Crippen LogP contribution in [0.15, 0.2) is 235 Å². The van der Waals surface area contributed by atoms with Gasteiger partial charge in [-0.1, -0.05) is 146 Å². The smallest absolute Gasteiger partial charge is 0.227 e. The van der Waals surface area contributed by atoms with Gasteiger partial charge in [-0.15, -0.1) is 0 Å². The second-order valence-corrected chi connectivity index (χ2v) is 16.8. The van der Waals surface area contributed by atoms with Gasteiger partial charge in [0.15, 0.2) is 11.8 Å². The highest BCUT2D eigenvalue weighted by Crippen LogP contribution is 2.47. The van der Waals surface area contributed by atoms with Crippen molar-refractivity contribution in [1.29, 1.82) is 0 Å². The Labute approximate surface area is 381 Å². The Morgan fingerprint density at radius 2 is 0.939 bits per heavy atom. The summed E-state index contributed by atoms with van der Waals surface area (Å²) in [4.78, 5) is 9.53. The fraction of sp³-hybridized carbons (Fsp3) is 0.0167. The van der Waals surface area contributed by atoms with E-state index in [2.05, 4.69) is 197 Å². The minimum absolute atomic E-state index is 0.249. The summed E-state index contributed by atoms with van der Waals surface area (Å²) in [6, 6.07) is 81.4. The zero-order valence-corrected chi connectivity index (χ0v) is 35.7. The first-order chi connectivity index (χ1) is 32.7. The predicted molar refractivity (Wildman–Crippen MR) is 272 cm³/mol. The molecule has 0 radical (unpaired) electrons. The molecule has 66 heavy (non-hydrogen) atoms. The van der Waals surface area contributed by atoms with E-state index < -0.39 is 0 Å². The molecule has 1 aliphatic heterocycles. The number of hydrogen-bond acceptors (Lipinski definition) is 6. The van der Waals surface area contributed by atoms with E-state index in [0.29, 0.717) is 5.89 Å². The number of fused-ring (bicyclic) bond motifs is 7. The van der Waals surface area contributed by atoms with Crippen LogP contribution in [-0.2, 0) is 0 Å². The van der Waals surface area contributed by atoms with E-state index in [1.807, 2.05) is 48.5 Å². The van der Waals surface area contributed by atoms with Gasteiger partial charge in [-0.2, -0.15) is 0 Å². The lowest BCUT2D eigenvalue weighted by atomic mass is 9.99. The molecule has 0 saturated carbocycles. The molecule has 0 bridgehead atoms. The molecule has 0 aliphatic carbocycles. The molecule has 12 aromatic rings. The molecule has 1 aliphatic rings. The normalized spacial score (nSPS) is 13.2. The summed E-state index contributed by atoms with van der Waals surface area (Å²) in [6.45, 7) is 0. The van der Waals surface area contributed by atoms with E-state index in [-0.39, 0.29) is 6.23 Å². The van der Waals surface area contributed by atoms with Crippen LogP contribution >= 0.6 is 0 Å². The van der Waals surface area contributed by atoms with E-state index in [0.717, 1.165) is 83.9 Å². The van der Waals surface area contributed by atoms with Crippen molar-refractivity contribution in [2.24, 2.45) is 0 Å². The van der Waals surface area contributed by atoms with E-state index in [9.17, 15) is 0 Å². The topological polar surface area (TPSA) is 53.8 Å². The molecule has 6 nitrogen and oxygen atoms in total. The molecule has 0 spiro atoms. The van der Waals surface area contributed by atoms with Gasteiger partial charge in [0.25, 0.3) is 0 Å². The van der Waals surface area contributed by atoms with Crippen LogP contribution in [0.4, 0.5) is 39.8 Å². The van der Waals surface area contributed by atoms with E-state index >= 15 is 0 Å². The van der Waals surface area contributed by atoms with Crippen LogP contribution in [0.3, 0.4) is 0 Å². The van der Waals surface area contributed by atoms with E-state index in [1.165, 1.54) is 26.9 Å². The SMILES string of the molecule is c1ccc(-c2nc3ccc(N(c4ccc5c(ccc6cc(N(c7ccc8c(c7)OC(c7ccccc7)N8)c7cccc8ccccc78)ccc65)c4)c4cccc5ccccc45)cc3o2)cc1. The summed E-state index contributed by atoms with van der Waals surface area (Å²) in [5, 5.41) is 12.9. The van der Waals surface area contributed by atoms with Crippen LogP contribution in [0.5, 0.6) is 5.75 Å². The van der Waals surface area contributed by atoms with Crippen molar-refractivity contribution in [1.82, 2.24) is 4.98 Å². The molecule has 2 heterocycles.